The second kappa shape index (κ2) is 3.28. The first-order chi connectivity index (χ1) is 5.40. The Hall–Kier alpha value is 0.177. The maximum absolute atomic E-state index is 5.79. The van der Waals surface area contributed by atoms with Gasteiger partial charge in [0.1, 0.15) is 0 Å². The van der Waals surface area contributed by atoms with Gasteiger partial charge in [-0.1, -0.05) is 12.5 Å². The van der Waals surface area contributed by atoms with E-state index in [-0.39, 0.29) is 0 Å². The van der Waals surface area contributed by atoms with Crippen molar-refractivity contribution in [1.82, 2.24) is 0 Å². The SMILES string of the molecule is [SiH3]CCCC1CC2CCC1O2. The highest BCUT2D eigenvalue weighted by Crippen LogP contribution is 2.40. The molecule has 0 radical (unpaired) electrons. The van der Waals surface area contributed by atoms with Gasteiger partial charge in [-0.15, -0.1) is 0 Å². The minimum absolute atomic E-state index is 0.666. The van der Waals surface area contributed by atoms with Gasteiger partial charge >= 0.3 is 0 Å². The van der Waals surface area contributed by atoms with Crippen LogP contribution in [-0.2, 0) is 4.74 Å². The van der Waals surface area contributed by atoms with Gasteiger partial charge in [-0.25, -0.2) is 0 Å². The molecule has 2 rings (SSSR count). The Kier molecular flexibility index (Phi) is 2.32. The van der Waals surface area contributed by atoms with Gasteiger partial charge in [0.25, 0.3) is 0 Å². The summed E-state index contributed by atoms with van der Waals surface area (Å²) in [6, 6.07) is 1.48. The van der Waals surface area contributed by atoms with Crippen molar-refractivity contribution in [3.05, 3.63) is 0 Å². The van der Waals surface area contributed by atoms with Crippen molar-refractivity contribution in [1.29, 1.82) is 0 Å². The molecule has 2 aliphatic heterocycles. The van der Waals surface area contributed by atoms with Crippen molar-refractivity contribution in [3.63, 3.8) is 0 Å². The van der Waals surface area contributed by atoms with E-state index in [1.807, 2.05) is 0 Å². The summed E-state index contributed by atoms with van der Waals surface area (Å²) in [6.07, 6.45) is 8.34. The van der Waals surface area contributed by atoms with E-state index >= 15 is 0 Å². The molecule has 0 aromatic rings. The first kappa shape index (κ1) is 7.81. The predicted octanol–water partition coefficient (Wildman–Crippen LogP) is 1.12. The Morgan fingerprint density at radius 1 is 1.36 bits per heavy atom. The van der Waals surface area contributed by atoms with Gasteiger partial charge in [0.2, 0.25) is 0 Å². The van der Waals surface area contributed by atoms with Gasteiger partial charge < -0.3 is 4.74 Å². The van der Waals surface area contributed by atoms with Crippen LogP contribution in [0.4, 0.5) is 0 Å². The van der Waals surface area contributed by atoms with Crippen LogP contribution >= 0.6 is 0 Å². The molecule has 1 nitrogen and oxygen atoms in total. The smallest absolute Gasteiger partial charge is 0.0608 e. The summed E-state index contributed by atoms with van der Waals surface area (Å²) >= 11 is 0. The lowest BCUT2D eigenvalue weighted by Crippen LogP contribution is -2.15. The average Bonchev–Trinajstić information content (AvgIpc) is 2.60. The maximum atomic E-state index is 5.79. The van der Waals surface area contributed by atoms with Crippen molar-refractivity contribution >= 4 is 10.2 Å². The van der Waals surface area contributed by atoms with E-state index in [4.69, 9.17) is 4.74 Å². The van der Waals surface area contributed by atoms with E-state index in [9.17, 15) is 0 Å². The lowest BCUT2D eigenvalue weighted by atomic mass is 9.86. The molecule has 2 heterocycles. The summed E-state index contributed by atoms with van der Waals surface area (Å²) in [4.78, 5) is 0. The summed E-state index contributed by atoms with van der Waals surface area (Å²) in [6.45, 7) is 0. The third kappa shape index (κ3) is 1.52. The molecule has 0 spiro atoms. The van der Waals surface area contributed by atoms with Gasteiger partial charge in [0, 0.05) is 10.2 Å². The highest BCUT2D eigenvalue weighted by Gasteiger charge is 2.39. The molecule has 2 bridgehead atoms. The summed E-state index contributed by atoms with van der Waals surface area (Å²) in [5.41, 5.74) is 0. The summed E-state index contributed by atoms with van der Waals surface area (Å²) in [5.74, 6) is 0.947. The van der Waals surface area contributed by atoms with Crippen LogP contribution in [0.1, 0.15) is 32.1 Å². The van der Waals surface area contributed by atoms with Crippen LogP contribution in [0.25, 0.3) is 0 Å². The molecule has 2 aliphatic rings. The Balaban J connectivity index is 1.78. The largest absolute Gasteiger partial charge is 0.375 e. The first-order valence-corrected chi connectivity index (χ1v) is 6.47. The van der Waals surface area contributed by atoms with Crippen molar-refractivity contribution in [2.45, 2.75) is 50.4 Å². The second-order valence-corrected chi connectivity index (χ2v) is 5.01. The molecule has 2 fully saturated rings. The fraction of sp³-hybridized carbons (Fsp3) is 1.00. The normalized spacial score (nSPS) is 42.0. The van der Waals surface area contributed by atoms with Crippen LogP contribution in [-0.4, -0.2) is 22.5 Å². The lowest BCUT2D eigenvalue weighted by Gasteiger charge is -2.17. The van der Waals surface area contributed by atoms with E-state index in [1.54, 1.807) is 0 Å². The fourth-order valence-electron chi connectivity index (χ4n) is 2.51. The van der Waals surface area contributed by atoms with E-state index in [2.05, 4.69) is 0 Å². The molecular weight excluding hydrogens is 152 g/mol. The molecule has 2 heteroatoms. The standard InChI is InChI=1S/C9H18OSi/c11-5-1-2-7-6-8-3-4-9(7)10-8/h7-9H,1-6H2,11H3. The van der Waals surface area contributed by atoms with Crippen LogP contribution < -0.4 is 0 Å². The van der Waals surface area contributed by atoms with Crippen molar-refractivity contribution in [3.8, 4) is 0 Å². The van der Waals surface area contributed by atoms with Gasteiger partial charge in [0.05, 0.1) is 12.2 Å². The van der Waals surface area contributed by atoms with Crippen LogP contribution in [0.5, 0.6) is 0 Å². The molecule has 3 unspecified atom stereocenters. The molecule has 0 N–H and O–H groups in total. The average molecular weight is 170 g/mol. The third-order valence-electron chi connectivity index (χ3n) is 3.16. The third-order valence-corrected chi connectivity index (χ3v) is 3.87. The van der Waals surface area contributed by atoms with Crippen molar-refractivity contribution in [2.75, 3.05) is 0 Å². The number of rotatable bonds is 3. The molecule has 0 aromatic heterocycles. The van der Waals surface area contributed by atoms with Crippen LogP contribution in [0.15, 0.2) is 0 Å². The van der Waals surface area contributed by atoms with Gasteiger partial charge in [-0.2, -0.15) is 0 Å². The molecule has 2 saturated heterocycles. The highest BCUT2D eigenvalue weighted by atomic mass is 28.1. The van der Waals surface area contributed by atoms with Crippen LogP contribution in [0.2, 0.25) is 6.04 Å². The van der Waals surface area contributed by atoms with E-state index in [0.29, 0.717) is 12.2 Å². The zero-order chi connectivity index (χ0) is 7.68. The van der Waals surface area contributed by atoms with Gasteiger partial charge in [-0.05, 0) is 31.6 Å². The monoisotopic (exact) mass is 170 g/mol. The molecule has 0 aliphatic carbocycles. The molecule has 0 amide bonds. The Labute approximate surface area is 71.9 Å². The Morgan fingerprint density at radius 2 is 2.27 bits per heavy atom. The molecule has 0 aromatic carbocycles. The minimum atomic E-state index is 0.666. The molecular formula is C9H18OSi. The maximum Gasteiger partial charge on any atom is 0.0608 e. The summed E-state index contributed by atoms with van der Waals surface area (Å²) in [7, 11) is 1.39. The molecule has 0 saturated carbocycles. The topological polar surface area (TPSA) is 9.23 Å². The second-order valence-electron chi connectivity index (χ2n) is 4.01. The van der Waals surface area contributed by atoms with Gasteiger partial charge in [0.15, 0.2) is 0 Å². The number of hydrogen-bond acceptors (Lipinski definition) is 1. The van der Waals surface area contributed by atoms with Crippen LogP contribution in [0, 0.1) is 5.92 Å². The fourth-order valence-corrected chi connectivity index (χ4v) is 2.92. The number of ether oxygens (including phenoxy) is 1. The zero-order valence-corrected chi connectivity index (χ0v) is 9.38. The first-order valence-electron chi connectivity index (χ1n) is 5.05. The van der Waals surface area contributed by atoms with Crippen molar-refractivity contribution < 1.29 is 4.74 Å². The zero-order valence-electron chi connectivity index (χ0n) is 7.38. The Morgan fingerprint density at radius 3 is 2.82 bits per heavy atom. The van der Waals surface area contributed by atoms with E-state index in [1.165, 1.54) is 48.4 Å². The van der Waals surface area contributed by atoms with E-state index in [0.717, 1.165) is 5.92 Å². The quantitative estimate of drug-likeness (QED) is 0.577. The highest BCUT2D eigenvalue weighted by molar-refractivity contribution is 6.08. The van der Waals surface area contributed by atoms with Crippen molar-refractivity contribution in [2.24, 2.45) is 5.92 Å². The molecule has 11 heavy (non-hydrogen) atoms. The molecule has 64 valence electrons. The van der Waals surface area contributed by atoms with Crippen LogP contribution in [0.3, 0.4) is 0 Å². The van der Waals surface area contributed by atoms with Gasteiger partial charge in [-0.3, -0.25) is 0 Å². The Bertz CT molecular complexity index is 138. The molecule has 3 atom stereocenters. The predicted molar refractivity (Wildman–Crippen MR) is 50.0 cm³/mol. The number of fused-ring (bicyclic) bond motifs is 2. The summed E-state index contributed by atoms with van der Waals surface area (Å²) in [5, 5.41) is 0. The minimum Gasteiger partial charge on any atom is -0.375 e. The van der Waals surface area contributed by atoms with E-state index < -0.39 is 0 Å². The lowest BCUT2D eigenvalue weighted by molar-refractivity contribution is 0.0912. The number of hydrogen-bond donors (Lipinski definition) is 0. The summed E-state index contributed by atoms with van der Waals surface area (Å²) < 4.78 is 5.79.